The Labute approximate surface area is 95.0 Å². The Morgan fingerprint density at radius 3 is 2.73 bits per heavy atom. The molecule has 0 aromatic heterocycles. The van der Waals surface area contributed by atoms with Gasteiger partial charge in [0.1, 0.15) is 0 Å². The summed E-state index contributed by atoms with van der Waals surface area (Å²) in [7, 11) is 3.37. The van der Waals surface area contributed by atoms with E-state index in [1.54, 1.807) is 0 Å². The van der Waals surface area contributed by atoms with Crippen molar-refractivity contribution >= 4 is 11.6 Å². The van der Waals surface area contributed by atoms with E-state index < -0.39 is 0 Å². The predicted octanol–water partition coefficient (Wildman–Crippen LogP) is 2.12. The molecule has 4 heteroatoms. The summed E-state index contributed by atoms with van der Waals surface area (Å²) in [5.74, 6) is 0.506. The summed E-state index contributed by atoms with van der Waals surface area (Å²) < 4.78 is 5.05. The van der Waals surface area contributed by atoms with Crippen molar-refractivity contribution in [1.29, 1.82) is 0 Å². The van der Waals surface area contributed by atoms with Gasteiger partial charge in [-0.25, -0.2) is 0 Å². The molecule has 0 atom stereocenters. The number of hydrogen-bond donors (Lipinski definition) is 2. The molecule has 0 aliphatic rings. The molecule has 0 heterocycles. The van der Waals surface area contributed by atoms with Gasteiger partial charge in [-0.15, -0.1) is 0 Å². The number of nitrogens with one attached hydrogen (secondary N) is 1. The molecule has 0 radical (unpaired) electrons. The fourth-order valence-electron chi connectivity index (χ4n) is 1.54. The normalized spacial score (nSPS) is 10.4. The molecule has 0 bridgehead atoms. The number of aryl methyl sites for hydroxylation is 1. The van der Waals surface area contributed by atoms with Crippen molar-refractivity contribution in [2.75, 3.05) is 20.7 Å². The number of likely N-dealkylation sites (N-methyl/N-ethyl adjacent to an activating group) is 1. The Bertz CT molecular complexity index is 353. The second-order valence-corrected chi connectivity index (χ2v) is 3.80. The molecule has 2 N–H and O–H groups in total. The van der Waals surface area contributed by atoms with Gasteiger partial charge in [-0.05, 0) is 38.6 Å². The summed E-state index contributed by atoms with van der Waals surface area (Å²) in [5.41, 5.74) is 1.86. The molecule has 0 aliphatic carbocycles. The quantitative estimate of drug-likeness (QED) is 0.831. The number of hydrogen-bond acceptors (Lipinski definition) is 3. The summed E-state index contributed by atoms with van der Waals surface area (Å²) >= 11 is 5.94. The lowest BCUT2D eigenvalue weighted by Gasteiger charge is -2.13. The van der Waals surface area contributed by atoms with Crippen LogP contribution >= 0.6 is 11.6 Å². The van der Waals surface area contributed by atoms with Crippen LogP contribution < -0.4 is 10.1 Å². The highest BCUT2D eigenvalue weighted by Gasteiger charge is 2.14. The predicted molar refractivity (Wildman–Crippen MR) is 62.0 cm³/mol. The van der Waals surface area contributed by atoms with Crippen molar-refractivity contribution < 1.29 is 9.84 Å². The van der Waals surface area contributed by atoms with Crippen LogP contribution in [0.1, 0.15) is 11.1 Å². The summed E-state index contributed by atoms with van der Waals surface area (Å²) in [5, 5.41) is 13.4. The molecule has 1 rings (SSSR count). The van der Waals surface area contributed by atoms with Gasteiger partial charge in [0.2, 0.25) is 0 Å². The fraction of sp³-hybridized carbons (Fsp3) is 0.455. The van der Waals surface area contributed by atoms with Crippen LogP contribution in [0.25, 0.3) is 0 Å². The first-order valence-corrected chi connectivity index (χ1v) is 5.19. The fourth-order valence-corrected chi connectivity index (χ4v) is 1.87. The highest BCUT2D eigenvalue weighted by Crippen LogP contribution is 2.39. The first-order valence-electron chi connectivity index (χ1n) is 4.81. The van der Waals surface area contributed by atoms with E-state index in [-0.39, 0.29) is 5.75 Å². The summed E-state index contributed by atoms with van der Waals surface area (Å²) in [6, 6.07) is 1.81. The van der Waals surface area contributed by atoms with Crippen molar-refractivity contribution in [2.24, 2.45) is 0 Å². The van der Waals surface area contributed by atoms with Gasteiger partial charge < -0.3 is 15.2 Å². The number of aromatic hydroxyl groups is 1. The molecule has 0 saturated carbocycles. The van der Waals surface area contributed by atoms with Gasteiger partial charge in [0.15, 0.2) is 11.5 Å². The Morgan fingerprint density at radius 2 is 2.20 bits per heavy atom. The van der Waals surface area contributed by atoms with Gasteiger partial charge in [-0.2, -0.15) is 0 Å². The zero-order chi connectivity index (χ0) is 11.4. The Kier molecular flexibility index (Phi) is 4.24. The van der Waals surface area contributed by atoms with Gasteiger partial charge in [0.25, 0.3) is 0 Å². The number of halogens is 1. The Morgan fingerprint density at radius 1 is 1.53 bits per heavy atom. The standard InChI is InChI=1S/C11H16ClNO2/c1-7-6-9(12)11(15-3)10(14)8(7)4-5-13-2/h6,13-14H,4-5H2,1-3H3. The summed E-state index contributed by atoms with van der Waals surface area (Å²) in [6.07, 6.45) is 0.752. The van der Waals surface area contributed by atoms with E-state index in [4.69, 9.17) is 16.3 Å². The second kappa shape index (κ2) is 5.24. The van der Waals surface area contributed by atoms with Crippen LogP contribution in [0.5, 0.6) is 11.5 Å². The monoisotopic (exact) mass is 229 g/mol. The van der Waals surface area contributed by atoms with E-state index in [0.29, 0.717) is 10.8 Å². The van der Waals surface area contributed by atoms with Gasteiger partial charge >= 0.3 is 0 Å². The molecule has 15 heavy (non-hydrogen) atoms. The third kappa shape index (κ3) is 2.55. The van der Waals surface area contributed by atoms with Gasteiger partial charge in [0, 0.05) is 5.56 Å². The van der Waals surface area contributed by atoms with Crippen LogP contribution in [0, 0.1) is 6.92 Å². The van der Waals surface area contributed by atoms with Crippen LogP contribution in [0.15, 0.2) is 6.07 Å². The van der Waals surface area contributed by atoms with Crippen molar-refractivity contribution in [1.82, 2.24) is 5.32 Å². The van der Waals surface area contributed by atoms with Gasteiger partial charge in [-0.1, -0.05) is 11.6 Å². The third-order valence-corrected chi connectivity index (χ3v) is 2.65. The summed E-state index contributed by atoms with van der Waals surface area (Å²) in [4.78, 5) is 0. The molecule has 0 fully saturated rings. The first kappa shape index (κ1) is 12.1. The van der Waals surface area contributed by atoms with Crippen LogP contribution in [0.4, 0.5) is 0 Å². The van der Waals surface area contributed by atoms with Crippen molar-refractivity contribution in [3.05, 3.63) is 22.2 Å². The Balaban J connectivity index is 3.14. The molecule has 0 spiro atoms. The van der Waals surface area contributed by atoms with Gasteiger partial charge in [-0.3, -0.25) is 0 Å². The van der Waals surface area contributed by atoms with Crippen molar-refractivity contribution in [2.45, 2.75) is 13.3 Å². The lowest BCUT2D eigenvalue weighted by atomic mass is 10.0. The topological polar surface area (TPSA) is 41.5 Å². The number of benzene rings is 1. The number of phenols is 1. The maximum atomic E-state index is 9.94. The molecular weight excluding hydrogens is 214 g/mol. The molecule has 1 aromatic carbocycles. The van der Waals surface area contributed by atoms with Crippen LogP contribution in [0.2, 0.25) is 5.02 Å². The van der Waals surface area contributed by atoms with E-state index in [2.05, 4.69) is 5.32 Å². The summed E-state index contributed by atoms with van der Waals surface area (Å²) in [6.45, 7) is 2.73. The number of ether oxygens (including phenoxy) is 1. The molecular formula is C11H16ClNO2. The van der Waals surface area contributed by atoms with E-state index in [1.165, 1.54) is 7.11 Å². The van der Waals surface area contributed by atoms with E-state index in [0.717, 1.165) is 24.1 Å². The lowest BCUT2D eigenvalue weighted by molar-refractivity contribution is 0.370. The van der Waals surface area contributed by atoms with Crippen LogP contribution in [-0.4, -0.2) is 25.8 Å². The first-order chi connectivity index (χ1) is 7.11. The zero-order valence-electron chi connectivity index (χ0n) is 9.22. The molecule has 0 saturated heterocycles. The van der Waals surface area contributed by atoms with E-state index in [1.807, 2.05) is 20.0 Å². The molecule has 0 amide bonds. The maximum Gasteiger partial charge on any atom is 0.179 e. The molecule has 84 valence electrons. The SMILES string of the molecule is CNCCc1c(C)cc(Cl)c(OC)c1O. The largest absolute Gasteiger partial charge is 0.504 e. The van der Waals surface area contributed by atoms with Crippen LogP contribution in [-0.2, 0) is 6.42 Å². The number of phenolic OH excluding ortho intramolecular Hbond substituents is 1. The molecule has 0 unspecified atom stereocenters. The van der Waals surface area contributed by atoms with E-state index >= 15 is 0 Å². The minimum Gasteiger partial charge on any atom is -0.504 e. The average Bonchev–Trinajstić information content (AvgIpc) is 2.17. The molecule has 0 aliphatic heterocycles. The lowest BCUT2D eigenvalue weighted by Crippen LogP contribution is -2.11. The van der Waals surface area contributed by atoms with Crippen molar-refractivity contribution in [3.63, 3.8) is 0 Å². The highest BCUT2D eigenvalue weighted by atomic mass is 35.5. The minimum absolute atomic E-state index is 0.151. The Hall–Kier alpha value is -0.930. The highest BCUT2D eigenvalue weighted by molar-refractivity contribution is 6.32. The molecule has 3 nitrogen and oxygen atoms in total. The van der Waals surface area contributed by atoms with E-state index in [9.17, 15) is 5.11 Å². The van der Waals surface area contributed by atoms with Crippen LogP contribution in [0.3, 0.4) is 0 Å². The van der Waals surface area contributed by atoms with Gasteiger partial charge in [0.05, 0.1) is 12.1 Å². The minimum atomic E-state index is 0.151. The average molecular weight is 230 g/mol. The molecule has 1 aromatic rings. The third-order valence-electron chi connectivity index (χ3n) is 2.37. The number of methoxy groups -OCH3 is 1. The zero-order valence-corrected chi connectivity index (χ0v) is 9.98. The smallest absolute Gasteiger partial charge is 0.179 e. The number of rotatable bonds is 4. The van der Waals surface area contributed by atoms with Crippen molar-refractivity contribution in [3.8, 4) is 11.5 Å². The maximum absolute atomic E-state index is 9.94. The second-order valence-electron chi connectivity index (χ2n) is 3.39.